The number of hydrogen-bond acceptors (Lipinski definition) is 3. The minimum Gasteiger partial charge on any atom is -0.320 e. The molecule has 96 valence electrons. The molecule has 5 heteroatoms. The molecule has 1 N–H and O–H groups in total. The van der Waals surface area contributed by atoms with Crippen LogP contribution in [-0.2, 0) is 6.42 Å². The van der Waals surface area contributed by atoms with Crippen LogP contribution in [-0.4, -0.2) is 18.6 Å². The van der Waals surface area contributed by atoms with Crippen LogP contribution in [0.5, 0.6) is 0 Å². The van der Waals surface area contributed by atoms with Crippen molar-refractivity contribution in [2.75, 3.05) is 13.6 Å². The summed E-state index contributed by atoms with van der Waals surface area (Å²) in [5.74, 6) is -0.227. The fourth-order valence-corrected chi connectivity index (χ4v) is 2.89. The summed E-state index contributed by atoms with van der Waals surface area (Å²) >= 11 is 4.84. The third kappa shape index (κ3) is 3.37. The normalized spacial score (nSPS) is 10.8. The van der Waals surface area contributed by atoms with Gasteiger partial charge in [0, 0.05) is 15.4 Å². The molecule has 0 atom stereocenters. The van der Waals surface area contributed by atoms with E-state index in [2.05, 4.69) is 26.2 Å². The van der Waals surface area contributed by atoms with Crippen molar-refractivity contribution in [2.24, 2.45) is 0 Å². The van der Waals surface area contributed by atoms with E-state index in [1.54, 1.807) is 12.1 Å². The molecule has 2 rings (SSSR count). The van der Waals surface area contributed by atoms with Crippen molar-refractivity contribution in [3.05, 3.63) is 39.6 Å². The van der Waals surface area contributed by atoms with Gasteiger partial charge in [0.25, 0.3) is 0 Å². The predicted octanol–water partition coefficient (Wildman–Crippen LogP) is 3.86. The summed E-state index contributed by atoms with van der Waals surface area (Å²) in [4.78, 5) is 4.48. The summed E-state index contributed by atoms with van der Waals surface area (Å²) in [6.07, 6.45) is 1.97. The number of rotatable bonds is 5. The third-order valence-electron chi connectivity index (χ3n) is 2.57. The van der Waals surface area contributed by atoms with Crippen LogP contribution < -0.4 is 5.32 Å². The Morgan fingerprint density at radius 2 is 2.28 bits per heavy atom. The Morgan fingerprint density at radius 1 is 1.44 bits per heavy atom. The average molecular weight is 329 g/mol. The van der Waals surface area contributed by atoms with Gasteiger partial charge in [-0.05, 0) is 44.6 Å². The molecule has 0 spiro atoms. The number of aromatic nitrogens is 1. The number of nitrogens with zero attached hydrogens (tertiary/aromatic N) is 1. The van der Waals surface area contributed by atoms with E-state index in [1.807, 2.05) is 12.4 Å². The van der Waals surface area contributed by atoms with Crippen molar-refractivity contribution in [1.29, 1.82) is 0 Å². The zero-order chi connectivity index (χ0) is 13.0. The maximum Gasteiger partial charge on any atom is 0.133 e. The van der Waals surface area contributed by atoms with Crippen LogP contribution in [0.15, 0.2) is 28.1 Å². The fraction of sp³-hybridized carbons (Fsp3) is 0.308. The third-order valence-corrected chi connectivity index (χ3v) is 3.99. The molecule has 0 unspecified atom stereocenters. The Balaban J connectivity index is 2.16. The van der Waals surface area contributed by atoms with Gasteiger partial charge in [-0.3, -0.25) is 0 Å². The van der Waals surface area contributed by atoms with Gasteiger partial charge in [0.05, 0.1) is 5.69 Å². The molecular formula is C13H14BrFN2S. The van der Waals surface area contributed by atoms with Gasteiger partial charge in [0.1, 0.15) is 10.8 Å². The lowest BCUT2D eigenvalue weighted by Gasteiger charge is -2.00. The van der Waals surface area contributed by atoms with Crippen molar-refractivity contribution in [3.8, 4) is 10.6 Å². The highest BCUT2D eigenvalue weighted by molar-refractivity contribution is 9.10. The van der Waals surface area contributed by atoms with Gasteiger partial charge in [-0.2, -0.15) is 0 Å². The largest absolute Gasteiger partial charge is 0.320 e. The highest BCUT2D eigenvalue weighted by Gasteiger charge is 2.10. The molecule has 0 saturated carbocycles. The van der Waals surface area contributed by atoms with Crippen LogP contribution >= 0.6 is 27.3 Å². The highest BCUT2D eigenvalue weighted by atomic mass is 79.9. The van der Waals surface area contributed by atoms with Gasteiger partial charge in [0.2, 0.25) is 0 Å². The number of hydrogen-bond donors (Lipinski definition) is 1. The minimum atomic E-state index is -0.227. The van der Waals surface area contributed by atoms with Crippen molar-refractivity contribution >= 4 is 27.3 Å². The van der Waals surface area contributed by atoms with Gasteiger partial charge in [0.15, 0.2) is 0 Å². The summed E-state index contributed by atoms with van der Waals surface area (Å²) in [7, 11) is 1.93. The first-order valence-corrected chi connectivity index (χ1v) is 7.42. The van der Waals surface area contributed by atoms with Crippen LogP contribution in [0.1, 0.15) is 12.1 Å². The van der Waals surface area contributed by atoms with E-state index in [1.165, 1.54) is 17.4 Å². The lowest BCUT2D eigenvalue weighted by atomic mass is 10.2. The second-order valence-electron chi connectivity index (χ2n) is 3.98. The SMILES string of the molecule is CNCCCc1csc(-c2cc(Br)ccc2F)n1. The van der Waals surface area contributed by atoms with Gasteiger partial charge < -0.3 is 5.32 Å². The average Bonchev–Trinajstić information content (AvgIpc) is 2.81. The summed E-state index contributed by atoms with van der Waals surface area (Å²) in [6.45, 7) is 0.970. The van der Waals surface area contributed by atoms with E-state index in [0.717, 1.165) is 34.6 Å². The molecule has 1 aromatic carbocycles. The molecule has 1 heterocycles. The maximum atomic E-state index is 13.7. The summed E-state index contributed by atoms with van der Waals surface area (Å²) in [5, 5.41) is 5.85. The molecule has 2 aromatic rings. The van der Waals surface area contributed by atoms with Crippen LogP contribution in [0.4, 0.5) is 4.39 Å². The molecule has 18 heavy (non-hydrogen) atoms. The monoisotopic (exact) mass is 328 g/mol. The number of thiazole rings is 1. The molecule has 0 radical (unpaired) electrons. The first-order chi connectivity index (χ1) is 8.70. The van der Waals surface area contributed by atoms with E-state index in [-0.39, 0.29) is 5.82 Å². The van der Waals surface area contributed by atoms with Crippen molar-refractivity contribution < 1.29 is 4.39 Å². The van der Waals surface area contributed by atoms with Crippen LogP contribution in [0.2, 0.25) is 0 Å². The standard InChI is InChI=1S/C13H14BrFN2S/c1-16-6-2-3-10-8-18-13(17-10)11-7-9(14)4-5-12(11)15/h4-5,7-8,16H,2-3,6H2,1H3. The lowest BCUT2D eigenvalue weighted by molar-refractivity contribution is 0.631. The van der Waals surface area contributed by atoms with E-state index in [9.17, 15) is 4.39 Å². The number of aryl methyl sites for hydroxylation is 1. The molecule has 0 bridgehead atoms. The van der Waals surface area contributed by atoms with E-state index < -0.39 is 0 Å². The molecule has 0 aliphatic heterocycles. The smallest absolute Gasteiger partial charge is 0.133 e. The maximum absolute atomic E-state index is 13.7. The molecular weight excluding hydrogens is 315 g/mol. The summed E-state index contributed by atoms with van der Waals surface area (Å²) < 4.78 is 14.6. The Hall–Kier alpha value is -0.780. The Bertz CT molecular complexity index is 527. The van der Waals surface area contributed by atoms with E-state index in [0.29, 0.717) is 5.56 Å². The fourth-order valence-electron chi connectivity index (χ4n) is 1.65. The summed E-state index contributed by atoms with van der Waals surface area (Å²) in [5.41, 5.74) is 1.60. The Labute approximate surface area is 118 Å². The van der Waals surface area contributed by atoms with E-state index >= 15 is 0 Å². The quantitative estimate of drug-likeness (QED) is 0.843. The zero-order valence-corrected chi connectivity index (χ0v) is 12.4. The van der Waals surface area contributed by atoms with E-state index in [4.69, 9.17) is 0 Å². The number of nitrogens with one attached hydrogen (secondary N) is 1. The van der Waals surface area contributed by atoms with Gasteiger partial charge in [-0.1, -0.05) is 15.9 Å². The first-order valence-electron chi connectivity index (χ1n) is 5.75. The summed E-state index contributed by atoms with van der Waals surface area (Å²) in [6, 6.07) is 4.92. The Kier molecular flexibility index (Phi) is 4.86. The second kappa shape index (κ2) is 6.41. The predicted molar refractivity (Wildman–Crippen MR) is 77.5 cm³/mol. The highest BCUT2D eigenvalue weighted by Crippen LogP contribution is 2.29. The molecule has 0 aliphatic carbocycles. The van der Waals surface area contributed by atoms with Crippen LogP contribution in [0.3, 0.4) is 0 Å². The molecule has 0 fully saturated rings. The molecule has 0 amide bonds. The molecule has 1 aromatic heterocycles. The molecule has 0 aliphatic rings. The van der Waals surface area contributed by atoms with Crippen LogP contribution in [0, 0.1) is 5.82 Å². The minimum absolute atomic E-state index is 0.227. The zero-order valence-electron chi connectivity index (χ0n) is 10.0. The second-order valence-corrected chi connectivity index (χ2v) is 5.75. The first kappa shape index (κ1) is 13.6. The lowest BCUT2D eigenvalue weighted by Crippen LogP contribution is -2.08. The Morgan fingerprint density at radius 3 is 3.06 bits per heavy atom. The van der Waals surface area contributed by atoms with Crippen molar-refractivity contribution in [2.45, 2.75) is 12.8 Å². The van der Waals surface area contributed by atoms with Crippen molar-refractivity contribution in [3.63, 3.8) is 0 Å². The van der Waals surface area contributed by atoms with Crippen LogP contribution in [0.25, 0.3) is 10.6 Å². The van der Waals surface area contributed by atoms with Crippen molar-refractivity contribution in [1.82, 2.24) is 10.3 Å². The topological polar surface area (TPSA) is 24.9 Å². The number of halogens is 2. The number of benzene rings is 1. The van der Waals surface area contributed by atoms with Gasteiger partial charge >= 0.3 is 0 Å². The van der Waals surface area contributed by atoms with Gasteiger partial charge in [-0.25, -0.2) is 9.37 Å². The molecule has 2 nitrogen and oxygen atoms in total. The molecule has 0 saturated heterocycles. The van der Waals surface area contributed by atoms with Gasteiger partial charge in [-0.15, -0.1) is 11.3 Å².